The number of hydrogen-bond acceptors (Lipinski definition) is 4. The summed E-state index contributed by atoms with van der Waals surface area (Å²) in [6, 6.07) is 5.02. The molecule has 1 saturated carbocycles. The Balaban J connectivity index is 1.52. The summed E-state index contributed by atoms with van der Waals surface area (Å²) in [5.74, 6) is -0.192. The zero-order valence-corrected chi connectivity index (χ0v) is 15.6. The van der Waals surface area contributed by atoms with Gasteiger partial charge in [0, 0.05) is 38.8 Å². The highest BCUT2D eigenvalue weighted by atomic mass is 35.5. The molecule has 7 nitrogen and oxygen atoms in total. The maximum absolute atomic E-state index is 12.5. The van der Waals surface area contributed by atoms with Crippen LogP contribution < -0.4 is 10.1 Å². The molecule has 2 unspecified atom stereocenters. The van der Waals surface area contributed by atoms with E-state index in [0.717, 1.165) is 0 Å². The van der Waals surface area contributed by atoms with Crippen LogP contribution in [0.5, 0.6) is 5.75 Å². The zero-order chi connectivity index (χ0) is 18.8. The number of amides is 3. The van der Waals surface area contributed by atoms with Gasteiger partial charge in [0.2, 0.25) is 17.7 Å². The van der Waals surface area contributed by atoms with Gasteiger partial charge in [-0.25, -0.2) is 0 Å². The minimum Gasteiger partial charge on any atom is -0.495 e. The number of rotatable bonds is 4. The summed E-state index contributed by atoms with van der Waals surface area (Å²) in [6.45, 7) is 3.68. The first kappa shape index (κ1) is 18.5. The third kappa shape index (κ3) is 3.93. The zero-order valence-electron chi connectivity index (χ0n) is 14.8. The van der Waals surface area contributed by atoms with Crippen LogP contribution in [0.1, 0.15) is 13.3 Å². The fourth-order valence-electron chi connectivity index (χ4n) is 3.21. The standard InChI is InChI=1S/C18H22ClN3O4/c1-11(23)21-5-7-22(8-6-21)18(25)14-10-13(14)17(24)20-12-3-4-16(26-2)15(19)9-12/h3-4,9,13-14H,5-8,10H2,1-2H3,(H,20,24). The number of hydrogen-bond donors (Lipinski definition) is 1. The van der Waals surface area contributed by atoms with Crippen molar-refractivity contribution >= 4 is 35.0 Å². The average molecular weight is 380 g/mol. The van der Waals surface area contributed by atoms with Crippen LogP contribution in [-0.2, 0) is 14.4 Å². The topological polar surface area (TPSA) is 79.0 Å². The largest absolute Gasteiger partial charge is 0.495 e. The highest BCUT2D eigenvalue weighted by Crippen LogP contribution is 2.41. The smallest absolute Gasteiger partial charge is 0.228 e. The first-order chi connectivity index (χ1) is 12.4. The van der Waals surface area contributed by atoms with E-state index in [1.165, 1.54) is 14.0 Å². The van der Waals surface area contributed by atoms with E-state index in [1.54, 1.807) is 28.0 Å². The van der Waals surface area contributed by atoms with Crippen molar-refractivity contribution < 1.29 is 19.1 Å². The molecule has 0 radical (unpaired) electrons. The molecule has 1 aromatic rings. The number of nitrogens with one attached hydrogen (secondary N) is 1. The molecule has 140 valence electrons. The van der Waals surface area contributed by atoms with Gasteiger partial charge in [-0.05, 0) is 24.6 Å². The van der Waals surface area contributed by atoms with Crippen molar-refractivity contribution in [2.75, 3.05) is 38.6 Å². The van der Waals surface area contributed by atoms with Crippen LogP contribution in [-0.4, -0.2) is 60.8 Å². The van der Waals surface area contributed by atoms with Crippen LogP contribution in [0.4, 0.5) is 5.69 Å². The lowest BCUT2D eigenvalue weighted by Crippen LogP contribution is -2.50. The van der Waals surface area contributed by atoms with E-state index in [1.807, 2.05) is 0 Å². The Morgan fingerprint density at radius 1 is 1.12 bits per heavy atom. The lowest BCUT2D eigenvalue weighted by Gasteiger charge is -2.34. The van der Waals surface area contributed by atoms with Gasteiger partial charge in [0.15, 0.2) is 0 Å². The van der Waals surface area contributed by atoms with Crippen LogP contribution in [0.25, 0.3) is 0 Å². The number of ether oxygens (including phenoxy) is 1. The van der Waals surface area contributed by atoms with Crippen molar-refractivity contribution in [3.63, 3.8) is 0 Å². The van der Waals surface area contributed by atoms with E-state index < -0.39 is 0 Å². The molecule has 8 heteroatoms. The molecule has 26 heavy (non-hydrogen) atoms. The number of benzene rings is 1. The number of methoxy groups -OCH3 is 1. The van der Waals surface area contributed by atoms with Crippen molar-refractivity contribution in [1.29, 1.82) is 0 Å². The molecule has 0 bridgehead atoms. The molecule has 3 amide bonds. The van der Waals surface area contributed by atoms with Gasteiger partial charge in [-0.1, -0.05) is 11.6 Å². The number of nitrogens with zero attached hydrogens (tertiary/aromatic N) is 2. The Morgan fingerprint density at radius 3 is 2.35 bits per heavy atom. The molecule has 3 rings (SSSR count). The predicted octanol–water partition coefficient (Wildman–Crippen LogP) is 1.61. The van der Waals surface area contributed by atoms with Gasteiger partial charge in [-0.2, -0.15) is 0 Å². The summed E-state index contributed by atoms with van der Waals surface area (Å²) in [5, 5.41) is 3.22. The van der Waals surface area contributed by atoms with Crippen molar-refractivity contribution in [1.82, 2.24) is 9.80 Å². The Hall–Kier alpha value is -2.28. The lowest BCUT2D eigenvalue weighted by atomic mass is 10.2. The minimum atomic E-state index is -0.311. The summed E-state index contributed by atoms with van der Waals surface area (Å²) >= 11 is 6.06. The van der Waals surface area contributed by atoms with E-state index in [-0.39, 0.29) is 29.6 Å². The molecule has 1 aliphatic heterocycles. The quantitative estimate of drug-likeness (QED) is 0.862. The van der Waals surface area contributed by atoms with Gasteiger partial charge in [0.05, 0.1) is 24.0 Å². The van der Waals surface area contributed by atoms with Gasteiger partial charge in [-0.15, -0.1) is 0 Å². The second-order valence-electron chi connectivity index (χ2n) is 6.62. The summed E-state index contributed by atoms with van der Waals surface area (Å²) in [5.41, 5.74) is 0.578. The van der Waals surface area contributed by atoms with Crippen molar-refractivity contribution in [2.24, 2.45) is 11.8 Å². The van der Waals surface area contributed by atoms with E-state index >= 15 is 0 Å². The fourth-order valence-corrected chi connectivity index (χ4v) is 3.47. The van der Waals surface area contributed by atoms with Crippen LogP contribution in [0.3, 0.4) is 0 Å². The predicted molar refractivity (Wildman–Crippen MR) is 97.1 cm³/mol. The van der Waals surface area contributed by atoms with E-state index in [4.69, 9.17) is 16.3 Å². The number of carbonyl (C=O) groups excluding carboxylic acids is 3. The van der Waals surface area contributed by atoms with Crippen LogP contribution in [0, 0.1) is 11.8 Å². The first-order valence-electron chi connectivity index (χ1n) is 8.59. The normalized spacial score (nSPS) is 22.0. The molecule has 1 aliphatic carbocycles. The van der Waals surface area contributed by atoms with Gasteiger partial charge in [0.1, 0.15) is 5.75 Å². The SMILES string of the molecule is COc1ccc(NC(=O)C2CC2C(=O)N2CCN(C(C)=O)CC2)cc1Cl. The highest BCUT2D eigenvalue weighted by molar-refractivity contribution is 6.32. The Bertz CT molecular complexity index is 731. The number of piperazine rings is 1. The Morgan fingerprint density at radius 2 is 1.77 bits per heavy atom. The molecular weight excluding hydrogens is 358 g/mol. The number of anilines is 1. The maximum atomic E-state index is 12.5. The molecule has 1 N–H and O–H groups in total. The summed E-state index contributed by atoms with van der Waals surface area (Å²) in [4.78, 5) is 39.8. The molecule has 2 fully saturated rings. The third-order valence-corrected chi connectivity index (χ3v) is 5.20. The maximum Gasteiger partial charge on any atom is 0.228 e. The van der Waals surface area contributed by atoms with Gasteiger partial charge in [-0.3, -0.25) is 14.4 Å². The minimum absolute atomic E-state index is 0.00103. The monoisotopic (exact) mass is 379 g/mol. The average Bonchev–Trinajstić information content (AvgIpc) is 3.42. The lowest BCUT2D eigenvalue weighted by molar-refractivity contribution is -0.139. The summed E-state index contributed by atoms with van der Waals surface area (Å²) < 4.78 is 5.08. The molecule has 1 aromatic carbocycles. The second kappa shape index (κ2) is 7.53. The second-order valence-corrected chi connectivity index (χ2v) is 7.03. The molecule has 0 aromatic heterocycles. The van der Waals surface area contributed by atoms with E-state index in [0.29, 0.717) is 49.1 Å². The van der Waals surface area contributed by atoms with Crippen LogP contribution in [0.2, 0.25) is 5.02 Å². The van der Waals surface area contributed by atoms with Gasteiger partial charge in [0.25, 0.3) is 0 Å². The molecule has 2 aliphatic rings. The number of halogens is 1. The molecule has 2 atom stereocenters. The number of carbonyl (C=O) groups is 3. The summed E-state index contributed by atoms with van der Waals surface area (Å²) in [6.07, 6.45) is 0.557. The van der Waals surface area contributed by atoms with Crippen molar-refractivity contribution in [3.8, 4) is 5.75 Å². The molecule has 1 saturated heterocycles. The Labute approximate surface area is 157 Å². The Kier molecular flexibility index (Phi) is 5.36. The van der Waals surface area contributed by atoms with Crippen molar-refractivity contribution in [3.05, 3.63) is 23.2 Å². The fraction of sp³-hybridized carbons (Fsp3) is 0.500. The van der Waals surface area contributed by atoms with Gasteiger partial charge < -0.3 is 19.9 Å². The molecule has 0 spiro atoms. The summed E-state index contributed by atoms with van der Waals surface area (Å²) in [7, 11) is 1.52. The van der Waals surface area contributed by atoms with Gasteiger partial charge >= 0.3 is 0 Å². The van der Waals surface area contributed by atoms with E-state index in [2.05, 4.69) is 5.32 Å². The van der Waals surface area contributed by atoms with Crippen molar-refractivity contribution in [2.45, 2.75) is 13.3 Å². The highest BCUT2D eigenvalue weighted by Gasteiger charge is 2.49. The third-order valence-electron chi connectivity index (χ3n) is 4.90. The van der Waals surface area contributed by atoms with Crippen LogP contribution >= 0.6 is 11.6 Å². The molecule has 1 heterocycles. The van der Waals surface area contributed by atoms with Crippen LogP contribution in [0.15, 0.2) is 18.2 Å². The molecular formula is C18H22ClN3O4. The first-order valence-corrected chi connectivity index (χ1v) is 8.97. The van der Waals surface area contributed by atoms with E-state index in [9.17, 15) is 14.4 Å².